The highest BCUT2D eigenvalue weighted by Gasteiger charge is 2.47. The summed E-state index contributed by atoms with van der Waals surface area (Å²) in [6, 6.07) is 25.6. The number of rotatable bonds is 6. The van der Waals surface area contributed by atoms with Crippen LogP contribution in [0.1, 0.15) is 24.0 Å². The van der Waals surface area contributed by atoms with Crippen molar-refractivity contribution in [2.45, 2.75) is 31.3 Å². The molecule has 2 fully saturated rings. The summed E-state index contributed by atoms with van der Waals surface area (Å²) in [6.45, 7) is 3.22. The SMILES string of the molecule is OC1(Cc2ccccc2)CC2CN(CCc3cccc(-c4cccc(F)c4)c3)CC2C1. The van der Waals surface area contributed by atoms with Gasteiger partial charge in [0.2, 0.25) is 0 Å². The lowest BCUT2D eigenvalue weighted by molar-refractivity contribution is 0.0355. The second kappa shape index (κ2) is 8.57. The van der Waals surface area contributed by atoms with Gasteiger partial charge in [-0.15, -0.1) is 0 Å². The quantitative estimate of drug-likeness (QED) is 0.587. The number of benzene rings is 3. The monoisotopic (exact) mass is 415 g/mol. The number of aliphatic hydroxyl groups is 1. The van der Waals surface area contributed by atoms with Gasteiger partial charge in [-0.25, -0.2) is 4.39 Å². The van der Waals surface area contributed by atoms with Crippen molar-refractivity contribution in [3.63, 3.8) is 0 Å². The van der Waals surface area contributed by atoms with Crippen molar-refractivity contribution in [2.75, 3.05) is 19.6 Å². The molecule has 3 heteroatoms. The molecule has 3 aromatic carbocycles. The Balaban J connectivity index is 1.16. The first-order valence-corrected chi connectivity index (χ1v) is 11.4. The van der Waals surface area contributed by atoms with E-state index in [-0.39, 0.29) is 5.82 Å². The lowest BCUT2D eigenvalue weighted by Gasteiger charge is -2.26. The summed E-state index contributed by atoms with van der Waals surface area (Å²) in [6.07, 6.45) is 3.60. The van der Waals surface area contributed by atoms with Crippen molar-refractivity contribution < 1.29 is 9.50 Å². The summed E-state index contributed by atoms with van der Waals surface area (Å²) < 4.78 is 13.6. The Morgan fingerprint density at radius 3 is 2.16 bits per heavy atom. The van der Waals surface area contributed by atoms with E-state index in [4.69, 9.17) is 0 Å². The Morgan fingerprint density at radius 1 is 0.806 bits per heavy atom. The van der Waals surface area contributed by atoms with Gasteiger partial charge in [0.15, 0.2) is 0 Å². The highest BCUT2D eigenvalue weighted by molar-refractivity contribution is 5.64. The van der Waals surface area contributed by atoms with Crippen LogP contribution in [0.2, 0.25) is 0 Å². The maximum absolute atomic E-state index is 13.6. The molecule has 0 amide bonds. The first kappa shape index (κ1) is 20.4. The minimum Gasteiger partial charge on any atom is -0.390 e. The molecule has 5 rings (SSSR count). The lowest BCUT2D eigenvalue weighted by atomic mass is 9.91. The van der Waals surface area contributed by atoms with Gasteiger partial charge in [0.25, 0.3) is 0 Å². The summed E-state index contributed by atoms with van der Waals surface area (Å²) in [5.41, 5.74) is 3.98. The Bertz CT molecular complexity index is 1020. The predicted octanol–water partition coefficient (Wildman–Crippen LogP) is 5.35. The van der Waals surface area contributed by atoms with E-state index in [1.54, 1.807) is 12.1 Å². The van der Waals surface area contributed by atoms with Crippen LogP contribution < -0.4 is 0 Å². The van der Waals surface area contributed by atoms with Crippen LogP contribution in [0.15, 0.2) is 78.9 Å². The van der Waals surface area contributed by atoms with Gasteiger partial charge in [0, 0.05) is 26.1 Å². The van der Waals surface area contributed by atoms with E-state index in [0.717, 1.165) is 56.4 Å². The average molecular weight is 416 g/mol. The van der Waals surface area contributed by atoms with Gasteiger partial charge in [-0.05, 0) is 65.5 Å². The molecular weight excluding hydrogens is 385 g/mol. The molecule has 1 aliphatic heterocycles. The molecular formula is C28H30FNO. The highest BCUT2D eigenvalue weighted by atomic mass is 19.1. The van der Waals surface area contributed by atoms with Gasteiger partial charge >= 0.3 is 0 Å². The van der Waals surface area contributed by atoms with Gasteiger partial charge in [-0.2, -0.15) is 0 Å². The zero-order valence-electron chi connectivity index (χ0n) is 17.9. The summed E-state index contributed by atoms with van der Waals surface area (Å²) in [5.74, 6) is 1.01. The van der Waals surface area contributed by atoms with E-state index in [1.165, 1.54) is 17.2 Å². The molecule has 2 atom stereocenters. The van der Waals surface area contributed by atoms with Crippen LogP contribution in [0.4, 0.5) is 4.39 Å². The van der Waals surface area contributed by atoms with E-state index in [9.17, 15) is 9.50 Å². The van der Waals surface area contributed by atoms with Gasteiger partial charge in [-0.3, -0.25) is 0 Å². The molecule has 2 unspecified atom stereocenters. The molecule has 160 valence electrons. The summed E-state index contributed by atoms with van der Waals surface area (Å²) in [7, 11) is 0. The molecule has 2 nitrogen and oxygen atoms in total. The first-order valence-electron chi connectivity index (χ1n) is 11.4. The largest absolute Gasteiger partial charge is 0.390 e. The van der Waals surface area contributed by atoms with Crippen LogP contribution in [0.25, 0.3) is 11.1 Å². The maximum atomic E-state index is 13.6. The Labute approximate surface area is 184 Å². The summed E-state index contributed by atoms with van der Waals surface area (Å²) in [4.78, 5) is 2.56. The zero-order chi connectivity index (χ0) is 21.3. The minimum atomic E-state index is -0.540. The third kappa shape index (κ3) is 4.73. The second-order valence-electron chi connectivity index (χ2n) is 9.54. The molecule has 1 heterocycles. The lowest BCUT2D eigenvalue weighted by Crippen LogP contribution is -2.32. The number of halogens is 1. The molecule has 0 bridgehead atoms. The molecule has 1 N–H and O–H groups in total. The van der Waals surface area contributed by atoms with Crippen molar-refractivity contribution in [1.82, 2.24) is 4.90 Å². The zero-order valence-corrected chi connectivity index (χ0v) is 17.9. The number of fused-ring (bicyclic) bond motifs is 1. The Hall–Kier alpha value is -2.49. The van der Waals surface area contributed by atoms with E-state index in [1.807, 2.05) is 18.2 Å². The van der Waals surface area contributed by atoms with Gasteiger partial charge in [0.05, 0.1) is 5.60 Å². The molecule has 1 saturated carbocycles. The normalized spacial score (nSPS) is 25.6. The van der Waals surface area contributed by atoms with Crippen molar-refractivity contribution in [3.05, 3.63) is 95.8 Å². The molecule has 0 aromatic heterocycles. The summed E-state index contributed by atoms with van der Waals surface area (Å²) in [5, 5.41) is 11.2. The number of nitrogens with zero attached hydrogens (tertiary/aromatic N) is 1. The fraction of sp³-hybridized carbons (Fsp3) is 0.357. The Kier molecular flexibility index (Phi) is 5.64. The number of likely N-dealkylation sites (tertiary alicyclic amines) is 1. The molecule has 2 aliphatic rings. The second-order valence-corrected chi connectivity index (χ2v) is 9.54. The summed E-state index contributed by atoms with van der Waals surface area (Å²) >= 11 is 0. The minimum absolute atomic E-state index is 0.196. The third-order valence-corrected chi connectivity index (χ3v) is 7.11. The van der Waals surface area contributed by atoms with E-state index >= 15 is 0 Å². The molecule has 3 aromatic rings. The molecule has 1 aliphatic carbocycles. The topological polar surface area (TPSA) is 23.5 Å². The van der Waals surface area contributed by atoms with Crippen molar-refractivity contribution in [1.29, 1.82) is 0 Å². The fourth-order valence-corrected chi connectivity index (χ4v) is 5.72. The van der Waals surface area contributed by atoms with Crippen LogP contribution in [-0.4, -0.2) is 35.2 Å². The number of hydrogen-bond acceptors (Lipinski definition) is 2. The van der Waals surface area contributed by atoms with Crippen LogP contribution in [-0.2, 0) is 12.8 Å². The predicted molar refractivity (Wildman–Crippen MR) is 123 cm³/mol. The molecule has 0 radical (unpaired) electrons. The number of hydrogen-bond donors (Lipinski definition) is 1. The van der Waals surface area contributed by atoms with Gasteiger partial charge in [-0.1, -0.05) is 66.7 Å². The third-order valence-electron chi connectivity index (χ3n) is 7.11. The van der Waals surface area contributed by atoms with Crippen molar-refractivity contribution in [2.24, 2.45) is 11.8 Å². The van der Waals surface area contributed by atoms with Crippen molar-refractivity contribution >= 4 is 0 Å². The van der Waals surface area contributed by atoms with Crippen LogP contribution in [0.3, 0.4) is 0 Å². The van der Waals surface area contributed by atoms with Crippen LogP contribution >= 0.6 is 0 Å². The van der Waals surface area contributed by atoms with Gasteiger partial charge in [0.1, 0.15) is 5.82 Å². The van der Waals surface area contributed by atoms with Crippen LogP contribution in [0.5, 0.6) is 0 Å². The van der Waals surface area contributed by atoms with Crippen LogP contribution in [0, 0.1) is 17.7 Å². The molecule has 1 saturated heterocycles. The highest BCUT2D eigenvalue weighted by Crippen LogP contribution is 2.45. The van der Waals surface area contributed by atoms with Crippen molar-refractivity contribution in [3.8, 4) is 11.1 Å². The molecule has 0 spiro atoms. The first-order chi connectivity index (χ1) is 15.1. The average Bonchev–Trinajstić information content (AvgIpc) is 3.27. The standard InChI is InChI=1S/C28H30FNO/c29-27-11-5-10-24(15-27)23-9-4-8-21(14-23)12-13-30-19-25-17-28(31,18-26(25)20-30)16-22-6-2-1-3-7-22/h1-11,14-15,25-26,31H,12-13,16-20H2. The Morgan fingerprint density at radius 2 is 1.45 bits per heavy atom. The molecule has 31 heavy (non-hydrogen) atoms. The maximum Gasteiger partial charge on any atom is 0.123 e. The van der Waals surface area contributed by atoms with E-state index < -0.39 is 5.60 Å². The van der Waals surface area contributed by atoms with Gasteiger partial charge < -0.3 is 10.0 Å². The van der Waals surface area contributed by atoms with E-state index in [2.05, 4.69) is 47.4 Å². The smallest absolute Gasteiger partial charge is 0.123 e. The van der Waals surface area contributed by atoms with E-state index in [0.29, 0.717) is 11.8 Å². The fourth-order valence-electron chi connectivity index (χ4n) is 5.72.